The van der Waals surface area contributed by atoms with Gasteiger partial charge in [0.05, 0.1) is 18.1 Å². The molecule has 1 unspecified atom stereocenters. The van der Waals surface area contributed by atoms with Crippen LogP contribution in [0.25, 0.3) is 0 Å². The molecule has 1 aromatic heterocycles. The lowest BCUT2D eigenvalue weighted by molar-refractivity contribution is -0.155. The quantitative estimate of drug-likeness (QED) is 0.644. The third kappa shape index (κ3) is 4.39. The van der Waals surface area contributed by atoms with E-state index >= 15 is 0 Å². The van der Waals surface area contributed by atoms with Crippen molar-refractivity contribution in [3.63, 3.8) is 0 Å². The van der Waals surface area contributed by atoms with Crippen LogP contribution in [0, 0.1) is 17.3 Å². The van der Waals surface area contributed by atoms with E-state index in [1.165, 1.54) is 0 Å². The zero-order valence-electron chi connectivity index (χ0n) is 22.3. The number of ether oxygens (including phenoxy) is 2. The minimum absolute atomic E-state index is 0.0559. The number of aromatic nitrogens is 1. The smallest absolute Gasteiger partial charge is 0.157 e. The maximum atomic E-state index is 11.4. The van der Waals surface area contributed by atoms with E-state index in [4.69, 9.17) is 19.9 Å². The summed E-state index contributed by atoms with van der Waals surface area (Å²) < 4.78 is 43.9. The van der Waals surface area contributed by atoms with Gasteiger partial charge in [0.1, 0.15) is 5.60 Å². The van der Waals surface area contributed by atoms with Crippen LogP contribution in [-0.4, -0.2) is 40.9 Å². The topological polar surface area (TPSA) is 63.9 Å². The molecule has 4 aliphatic rings. The van der Waals surface area contributed by atoms with Crippen molar-refractivity contribution in [2.24, 2.45) is 22.2 Å². The van der Waals surface area contributed by atoms with E-state index in [1.54, 1.807) is 0 Å². The lowest BCUT2D eigenvalue weighted by Crippen LogP contribution is -2.64. The van der Waals surface area contributed by atoms with Gasteiger partial charge in [-0.05, 0) is 74.3 Å². The second-order valence-electron chi connectivity index (χ2n) is 9.59. The Morgan fingerprint density at radius 1 is 1.40 bits per heavy atom. The van der Waals surface area contributed by atoms with E-state index in [1.807, 2.05) is 19.1 Å². The summed E-state index contributed by atoms with van der Waals surface area (Å²) >= 11 is 0. The molecule has 30 heavy (non-hydrogen) atoms. The lowest BCUT2D eigenvalue weighted by atomic mass is 9.44. The first kappa shape index (κ1) is 17.0. The van der Waals surface area contributed by atoms with Gasteiger partial charge in [-0.15, -0.1) is 0 Å². The van der Waals surface area contributed by atoms with E-state index in [-0.39, 0.29) is 47.6 Å². The Morgan fingerprint density at radius 3 is 3.00 bits per heavy atom. The van der Waals surface area contributed by atoms with Crippen LogP contribution in [0.1, 0.15) is 76.4 Å². The highest BCUT2D eigenvalue weighted by Gasteiger charge is 2.61. The van der Waals surface area contributed by atoms with E-state index in [2.05, 4.69) is 18.8 Å². The SMILES string of the molecule is [2H]c1nc([2H])c([C@H](C/C=C\COC2CCCCO2)N=C2C[C@H]3C[C@H](C3(C)C)[C@@]2(C)O)c([2H])c1[2H]. The molecule has 1 aromatic rings. The van der Waals surface area contributed by atoms with Gasteiger partial charge in [0.15, 0.2) is 6.29 Å². The number of rotatable bonds is 7. The maximum absolute atomic E-state index is 11.4. The minimum Gasteiger partial charge on any atom is -0.384 e. The Hall–Kier alpha value is -1.56. The molecule has 0 radical (unpaired) electrons. The Kier molecular flexibility index (Phi) is 5.05. The highest BCUT2D eigenvalue weighted by Crippen LogP contribution is 2.61. The molecular weight excluding hydrogens is 376 g/mol. The summed E-state index contributed by atoms with van der Waals surface area (Å²) in [7, 11) is 0. The van der Waals surface area contributed by atoms with Gasteiger partial charge in [0.2, 0.25) is 0 Å². The van der Waals surface area contributed by atoms with Gasteiger partial charge in [-0.3, -0.25) is 9.98 Å². The van der Waals surface area contributed by atoms with Crippen LogP contribution >= 0.6 is 0 Å². The number of aliphatic imine (C=N–C) groups is 1. The summed E-state index contributed by atoms with van der Waals surface area (Å²) in [6, 6.07) is -1.14. The summed E-state index contributed by atoms with van der Waals surface area (Å²) in [5.41, 5.74) is -0.0819. The summed E-state index contributed by atoms with van der Waals surface area (Å²) in [5, 5.41) is 11.4. The Labute approximate surface area is 186 Å². The van der Waals surface area contributed by atoms with Gasteiger partial charge in [-0.2, -0.15) is 0 Å². The highest BCUT2D eigenvalue weighted by molar-refractivity contribution is 5.94. The van der Waals surface area contributed by atoms with Crippen molar-refractivity contribution in [3.8, 4) is 0 Å². The molecule has 3 saturated carbocycles. The summed E-state index contributed by atoms with van der Waals surface area (Å²) in [6.45, 7) is 7.32. The molecule has 2 heterocycles. The molecule has 5 heteroatoms. The van der Waals surface area contributed by atoms with Crippen molar-refractivity contribution in [2.45, 2.75) is 77.2 Å². The average molecular weight is 417 g/mol. The summed E-state index contributed by atoms with van der Waals surface area (Å²) in [6.07, 6.45) is 8.10. The maximum Gasteiger partial charge on any atom is 0.157 e. The molecular formula is C25H36N2O3. The molecule has 0 aromatic carbocycles. The highest BCUT2D eigenvalue weighted by atomic mass is 16.7. The fourth-order valence-electron chi connectivity index (χ4n) is 5.26. The van der Waals surface area contributed by atoms with Crippen LogP contribution in [0.3, 0.4) is 0 Å². The number of aliphatic hydroxyl groups is 1. The van der Waals surface area contributed by atoms with Crippen molar-refractivity contribution >= 4 is 5.71 Å². The largest absolute Gasteiger partial charge is 0.384 e. The van der Waals surface area contributed by atoms with Crippen LogP contribution in [0.5, 0.6) is 0 Å². The molecule has 5 atom stereocenters. The van der Waals surface area contributed by atoms with Crippen molar-refractivity contribution in [2.75, 3.05) is 13.2 Å². The van der Waals surface area contributed by atoms with E-state index in [0.29, 0.717) is 31.1 Å². The molecule has 0 spiro atoms. The molecule has 5 nitrogen and oxygen atoms in total. The normalized spacial score (nSPS) is 37.2. The van der Waals surface area contributed by atoms with Gasteiger partial charge in [0.25, 0.3) is 0 Å². The second-order valence-corrected chi connectivity index (χ2v) is 9.59. The van der Waals surface area contributed by atoms with Crippen molar-refractivity contribution in [1.82, 2.24) is 4.98 Å². The third-order valence-electron chi connectivity index (χ3n) is 7.35. The molecule has 1 N–H and O–H groups in total. The second kappa shape index (κ2) is 8.89. The lowest BCUT2D eigenvalue weighted by Gasteiger charge is -2.62. The van der Waals surface area contributed by atoms with Gasteiger partial charge in [-0.25, -0.2) is 0 Å². The molecule has 3 aliphatic carbocycles. The Bertz CT molecular complexity index is 973. The number of hydrogen-bond acceptors (Lipinski definition) is 5. The molecule has 5 rings (SSSR count). The predicted octanol–water partition coefficient (Wildman–Crippen LogP) is 4.87. The third-order valence-corrected chi connectivity index (χ3v) is 7.35. The molecule has 4 fully saturated rings. The van der Waals surface area contributed by atoms with Gasteiger partial charge >= 0.3 is 0 Å². The number of fused-ring (bicyclic) bond motifs is 2. The van der Waals surface area contributed by atoms with E-state index in [0.717, 1.165) is 32.3 Å². The summed E-state index contributed by atoms with van der Waals surface area (Å²) in [4.78, 5) is 8.78. The van der Waals surface area contributed by atoms with Crippen LogP contribution in [0.15, 0.2) is 41.6 Å². The van der Waals surface area contributed by atoms with Crippen LogP contribution in [0.2, 0.25) is 0 Å². The predicted molar refractivity (Wildman–Crippen MR) is 118 cm³/mol. The number of pyridine rings is 1. The zero-order chi connectivity index (χ0) is 24.7. The van der Waals surface area contributed by atoms with E-state index < -0.39 is 11.6 Å². The molecule has 164 valence electrons. The van der Waals surface area contributed by atoms with Crippen LogP contribution in [-0.2, 0) is 9.47 Å². The summed E-state index contributed by atoms with van der Waals surface area (Å²) in [5.74, 6) is 0.562. The molecule has 0 amide bonds. The van der Waals surface area contributed by atoms with Crippen molar-refractivity contribution < 1.29 is 20.1 Å². The average Bonchev–Trinajstić information content (AvgIpc) is 2.78. The van der Waals surface area contributed by atoms with Gasteiger partial charge < -0.3 is 14.6 Å². The standard InChI is InChI=1S/C25H36N2O3/c1-24(2)19-15-21(24)25(3,28)22(16-19)27-20(18-9-8-12-26-17-18)10-4-6-13-29-23-11-5-7-14-30-23/h4,6,8-9,12,17,19-21,23,28H,5,7,10-11,13-16H2,1-3H3/b6-4-,27-22?/t19-,20+,21-,23?,25-/m1/s1/i8D,9D,12D,17D. The zero-order valence-corrected chi connectivity index (χ0v) is 18.3. The molecule has 2 bridgehead atoms. The van der Waals surface area contributed by atoms with E-state index in [9.17, 15) is 5.11 Å². The Morgan fingerprint density at radius 2 is 2.27 bits per heavy atom. The molecule has 1 saturated heterocycles. The van der Waals surface area contributed by atoms with Crippen molar-refractivity contribution in [1.29, 1.82) is 0 Å². The Balaban J connectivity index is 1.57. The number of hydrogen-bond donors (Lipinski definition) is 1. The number of nitrogens with zero attached hydrogens (tertiary/aromatic N) is 2. The fourth-order valence-corrected chi connectivity index (χ4v) is 5.26. The first-order chi connectivity index (χ1) is 16.0. The monoisotopic (exact) mass is 416 g/mol. The van der Waals surface area contributed by atoms with Crippen LogP contribution in [0.4, 0.5) is 0 Å². The first-order valence-corrected chi connectivity index (χ1v) is 11.2. The van der Waals surface area contributed by atoms with Crippen LogP contribution < -0.4 is 0 Å². The fraction of sp³-hybridized carbons (Fsp3) is 0.680. The van der Waals surface area contributed by atoms with Crippen molar-refractivity contribution in [3.05, 3.63) is 42.1 Å². The van der Waals surface area contributed by atoms with Gasteiger partial charge in [0, 0.05) is 24.7 Å². The minimum atomic E-state index is -1.06. The first-order valence-electron chi connectivity index (χ1n) is 13.2. The van der Waals surface area contributed by atoms with Gasteiger partial charge in [-0.1, -0.05) is 32.0 Å². The molecule has 1 aliphatic heterocycles.